The maximum atomic E-state index is 12.6. The van der Waals surface area contributed by atoms with Crippen LogP contribution in [0.15, 0.2) is 42.5 Å². The first-order valence-electron chi connectivity index (χ1n) is 10.3. The molecule has 1 fully saturated rings. The van der Waals surface area contributed by atoms with E-state index in [1.165, 1.54) is 18.2 Å². The Morgan fingerprint density at radius 2 is 1.81 bits per heavy atom. The number of hydrogen-bond donors (Lipinski definition) is 0. The molecule has 1 aliphatic rings. The van der Waals surface area contributed by atoms with Crippen molar-refractivity contribution < 1.29 is 19.2 Å². The standard InChI is InChI=1S/C23H26ClN3O5/c1-16(2)32-23-20(24)14-17(15-21(23)31-3)4-9-22(28)26-12-10-25(11-13-26)18-5-7-19(8-6-18)27(29)30/h4-9,14-16H,10-13H2,1-3H3/b9-4+. The van der Waals surface area contributed by atoms with E-state index in [0.29, 0.717) is 42.7 Å². The SMILES string of the molecule is COc1cc(/C=C/C(=O)N2CCN(c3ccc([N+](=O)[O-])cc3)CC2)cc(Cl)c1OC(C)C. The van der Waals surface area contributed by atoms with Crippen molar-refractivity contribution in [1.82, 2.24) is 4.90 Å². The average Bonchev–Trinajstić information content (AvgIpc) is 2.78. The third-order valence-electron chi connectivity index (χ3n) is 5.04. The molecule has 0 bridgehead atoms. The normalized spacial score (nSPS) is 14.2. The summed E-state index contributed by atoms with van der Waals surface area (Å²) < 4.78 is 11.1. The molecule has 1 aliphatic heterocycles. The van der Waals surface area contributed by atoms with Crippen LogP contribution in [-0.2, 0) is 4.79 Å². The quantitative estimate of drug-likeness (QED) is 0.346. The molecule has 2 aromatic rings. The van der Waals surface area contributed by atoms with Gasteiger partial charge in [0.15, 0.2) is 11.5 Å². The highest BCUT2D eigenvalue weighted by Gasteiger charge is 2.20. The van der Waals surface area contributed by atoms with Gasteiger partial charge in [-0.05, 0) is 49.8 Å². The number of carbonyl (C=O) groups excluding carboxylic acids is 1. The summed E-state index contributed by atoms with van der Waals surface area (Å²) in [6.07, 6.45) is 3.18. The number of anilines is 1. The first-order chi connectivity index (χ1) is 15.3. The lowest BCUT2D eigenvalue weighted by Gasteiger charge is -2.35. The van der Waals surface area contributed by atoms with Crippen molar-refractivity contribution in [1.29, 1.82) is 0 Å². The van der Waals surface area contributed by atoms with Gasteiger partial charge in [0.05, 0.1) is 23.2 Å². The highest BCUT2D eigenvalue weighted by atomic mass is 35.5. The molecular weight excluding hydrogens is 434 g/mol. The van der Waals surface area contributed by atoms with E-state index < -0.39 is 4.92 Å². The van der Waals surface area contributed by atoms with Crippen LogP contribution >= 0.6 is 11.6 Å². The zero-order valence-electron chi connectivity index (χ0n) is 18.3. The van der Waals surface area contributed by atoms with Crippen LogP contribution in [0.5, 0.6) is 11.5 Å². The molecule has 1 saturated heterocycles. The van der Waals surface area contributed by atoms with Gasteiger partial charge in [0.25, 0.3) is 5.69 Å². The molecule has 8 nitrogen and oxygen atoms in total. The second-order valence-electron chi connectivity index (χ2n) is 7.62. The topological polar surface area (TPSA) is 85.2 Å². The number of methoxy groups -OCH3 is 1. The van der Waals surface area contributed by atoms with Crippen LogP contribution < -0.4 is 14.4 Å². The molecule has 0 atom stereocenters. The fraction of sp³-hybridized carbons (Fsp3) is 0.348. The Kier molecular flexibility index (Phi) is 7.58. The molecule has 9 heteroatoms. The summed E-state index contributed by atoms with van der Waals surface area (Å²) in [6, 6.07) is 9.97. The fourth-order valence-electron chi connectivity index (χ4n) is 3.43. The third-order valence-corrected chi connectivity index (χ3v) is 5.32. The zero-order valence-corrected chi connectivity index (χ0v) is 19.0. The van der Waals surface area contributed by atoms with E-state index in [-0.39, 0.29) is 17.7 Å². The summed E-state index contributed by atoms with van der Waals surface area (Å²) in [5.74, 6) is 0.899. The fourth-order valence-corrected chi connectivity index (χ4v) is 3.69. The molecular formula is C23H26ClN3O5. The number of amides is 1. The number of nitro benzene ring substituents is 1. The van der Waals surface area contributed by atoms with E-state index in [2.05, 4.69) is 4.90 Å². The molecule has 0 saturated carbocycles. The van der Waals surface area contributed by atoms with Crippen molar-refractivity contribution in [3.8, 4) is 11.5 Å². The number of nitrogens with zero attached hydrogens (tertiary/aromatic N) is 3. The van der Waals surface area contributed by atoms with Crippen LogP contribution in [0, 0.1) is 10.1 Å². The lowest BCUT2D eigenvalue weighted by molar-refractivity contribution is -0.384. The van der Waals surface area contributed by atoms with E-state index in [9.17, 15) is 14.9 Å². The predicted molar refractivity (Wildman–Crippen MR) is 125 cm³/mol. The molecule has 1 amide bonds. The highest BCUT2D eigenvalue weighted by molar-refractivity contribution is 6.32. The maximum Gasteiger partial charge on any atom is 0.269 e. The maximum absolute atomic E-state index is 12.6. The van der Waals surface area contributed by atoms with Crippen molar-refractivity contribution in [3.05, 3.63) is 63.2 Å². The minimum Gasteiger partial charge on any atom is -0.493 e. The van der Waals surface area contributed by atoms with Crippen LogP contribution in [-0.4, -0.2) is 55.1 Å². The number of ether oxygens (including phenoxy) is 2. The summed E-state index contributed by atoms with van der Waals surface area (Å²) in [4.78, 5) is 26.9. The van der Waals surface area contributed by atoms with Gasteiger partial charge in [0.1, 0.15) is 0 Å². The highest BCUT2D eigenvalue weighted by Crippen LogP contribution is 2.37. The second-order valence-corrected chi connectivity index (χ2v) is 8.03. The molecule has 0 unspecified atom stereocenters. The van der Waals surface area contributed by atoms with Gasteiger partial charge < -0.3 is 19.3 Å². The summed E-state index contributed by atoms with van der Waals surface area (Å²) >= 11 is 6.35. The number of halogens is 1. The van der Waals surface area contributed by atoms with Crippen molar-refractivity contribution in [2.24, 2.45) is 0 Å². The summed E-state index contributed by atoms with van der Waals surface area (Å²) in [5, 5.41) is 11.2. The molecule has 0 N–H and O–H groups in total. The molecule has 32 heavy (non-hydrogen) atoms. The first-order valence-corrected chi connectivity index (χ1v) is 10.7. The molecule has 0 spiro atoms. The molecule has 2 aromatic carbocycles. The Balaban J connectivity index is 1.61. The van der Waals surface area contributed by atoms with Crippen LogP contribution in [0.4, 0.5) is 11.4 Å². The Morgan fingerprint density at radius 3 is 2.38 bits per heavy atom. The number of hydrogen-bond acceptors (Lipinski definition) is 6. The Bertz CT molecular complexity index is 999. The van der Waals surface area contributed by atoms with Crippen LogP contribution in [0.3, 0.4) is 0 Å². The van der Waals surface area contributed by atoms with Crippen LogP contribution in [0.25, 0.3) is 6.08 Å². The van der Waals surface area contributed by atoms with Gasteiger partial charge in [-0.1, -0.05) is 11.6 Å². The number of non-ortho nitro benzene ring substituents is 1. The van der Waals surface area contributed by atoms with Crippen LogP contribution in [0.2, 0.25) is 5.02 Å². The van der Waals surface area contributed by atoms with Crippen molar-refractivity contribution >= 4 is 35.0 Å². The summed E-state index contributed by atoms with van der Waals surface area (Å²) in [5.41, 5.74) is 1.71. The van der Waals surface area contributed by atoms with Gasteiger partial charge in [0.2, 0.25) is 5.91 Å². The molecule has 0 aliphatic carbocycles. The summed E-state index contributed by atoms with van der Waals surface area (Å²) in [6.45, 7) is 6.24. The predicted octanol–water partition coefficient (Wildman–Crippen LogP) is 4.41. The molecule has 1 heterocycles. The second kappa shape index (κ2) is 10.4. The van der Waals surface area contributed by atoms with Crippen molar-refractivity contribution in [3.63, 3.8) is 0 Å². The lowest BCUT2D eigenvalue weighted by Crippen LogP contribution is -2.48. The number of carbonyl (C=O) groups is 1. The van der Waals surface area contributed by atoms with E-state index in [0.717, 1.165) is 11.3 Å². The van der Waals surface area contributed by atoms with Crippen molar-refractivity contribution in [2.45, 2.75) is 20.0 Å². The average molecular weight is 460 g/mol. The molecule has 0 radical (unpaired) electrons. The zero-order chi connectivity index (χ0) is 23.3. The van der Waals surface area contributed by atoms with Gasteiger partial charge in [0, 0.05) is 50.1 Å². The Labute approximate surface area is 192 Å². The van der Waals surface area contributed by atoms with Crippen molar-refractivity contribution in [2.75, 3.05) is 38.2 Å². The number of rotatable bonds is 7. The molecule has 0 aromatic heterocycles. The number of nitro groups is 1. The molecule has 3 rings (SSSR count). The van der Waals surface area contributed by atoms with E-state index >= 15 is 0 Å². The smallest absolute Gasteiger partial charge is 0.269 e. The van der Waals surface area contributed by atoms with E-state index in [1.54, 1.807) is 42.4 Å². The first kappa shape index (κ1) is 23.4. The Hall–Kier alpha value is -3.26. The van der Waals surface area contributed by atoms with Gasteiger partial charge in [-0.25, -0.2) is 0 Å². The minimum atomic E-state index is -0.416. The van der Waals surface area contributed by atoms with Gasteiger partial charge in [-0.2, -0.15) is 0 Å². The Morgan fingerprint density at radius 1 is 1.16 bits per heavy atom. The summed E-state index contributed by atoms with van der Waals surface area (Å²) in [7, 11) is 1.54. The lowest BCUT2D eigenvalue weighted by atomic mass is 10.1. The largest absolute Gasteiger partial charge is 0.493 e. The minimum absolute atomic E-state index is 0.0472. The monoisotopic (exact) mass is 459 g/mol. The van der Waals surface area contributed by atoms with Gasteiger partial charge in [-0.3, -0.25) is 14.9 Å². The van der Waals surface area contributed by atoms with Gasteiger partial charge >= 0.3 is 0 Å². The van der Waals surface area contributed by atoms with Crippen LogP contribution in [0.1, 0.15) is 19.4 Å². The van der Waals surface area contributed by atoms with Gasteiger partial charge in [-0.15, -0.1) is 0 Å². The van der Waals surface area contributed by atoms with E-state index in [4.69, 9.17) is 21.1 Å². The van der Waals surface area contributed by atoms with E-state index in [1.807, 2.05) is 13.8 Å². The number of piperazine rings is 1. The third kappa shape index (κ3) is 5.70. The molecule has 170 valence electrons. The number of benzene rings is 2.